The summed E-state index contributed by atoms with van der Waals surface area (Å²) in [5, 5.41) is 6.55. The van der Waals surface area contributed by atoms with Gasteiger partial charge in [-0.1, -0.05) is 27.2 Å². The van der Waals surface area contributed by atoms with Crippen molar-refractivity contribution >= 4 is 27.7 Å². The number of carbonyl (C=O) groups excluding carboxylic acids is 1. The van der Waals surface area contributed by atoms with Gasteiger partial charge in [0.1, 0.15) is 22.9 Å². The molecule has 8 heteroatoms. The summed E-state index contributed by atoms with van der Waals surface area (Å²) in [5.41, 5.74) is 2.16. The molecule has 1 aromatic heterocycles. The Bertz CT molecular complexity index is 973. The second kappa shape index (κ2) is 8.88. The lowest BCUT2D eigenvalue weighted by atomic mass is 10.1. The van der Waals surface area contributed by atoms with Crippen molar-refractivity contribution < 1.29 is 23.2 Å². The Morgan fingerprint density at radius 3 is 2.68 bits per heavy atom. The molecule has 0 aliphatic carbocycles. The van der Waals surface area contributed by atoms with Gasteiger partial charge in [-0.3, -0.25) is 5.32 Å². The number of methoxy groups -OCH3 is 1. The second-order valence-corrected chi connectivity index (χ2v) is 6.86. The first-order chi connectivity index (χ1) is 13.5. The Kier molecular flexibility index (Phi) is 6.30. The number of ether oxygens (including phenoxy) is 2. The first-order valence-corrected chi connectivity index (χ1v) is 9.25. The normalized spacial score (nSPS) is 10.6. The monoisotopic (exact) mass is 448 g/mol. The molecule has 0 saturated heterocycles. The molecule has 1 N–H and O–H groups in total. The molecule has 1 amide bonds. The van der Waals surface area contributed by atoms with E-state index in [4.69, 9.17) is 14.0 Å². The summed E-state index contributed by atoms with van der Waals surface area (Å²) >= 11 is 3.37. The molecule has 0 bridgehead atoms. The van der Waals surface area contributed by atoms with E-state index in [1.165, 1.54) is 13.2 Å². The lowest BCUT2D eigenvalue weighted by molar-refractivity contribution is 0.162. The van der Waals surface area contributed by atoms with Crippen LogP contribution in [0.3, 0.4) is 0 Å². The first-order valence-electron chi connectivity index (χ1n) is 8.46. The molecular weight excluding hydrogens is 431 g/mol. The minimum Gasteiger partial charge on any atom is -0.497 e. The lowest BCUT2D eigenvalue weighted by Crippen LogP contribution is -2.16. The highest BCUT2D eigenvalue weighted by Crippen LogP contribution is 2.31. The van der Waals surface area contributed by atoms with E-state index in [0.29, 0.717) is 28.5 Å². The minimum absolute atomic E-state index is 0.0209. The van der Waals surface area contributed by atoms with Crippen LogP contribution in [-0.4, -0.2) is 25.0 Å². The third kappa shape index (κ3) is 4.69. The summed E-state index contributed by atoms with van der Waals surface area (Å²) in [5.74, 6) is 0.460. The van der Waals surface area contributed by atoms with E-state index in [2.05, 4.69) is 26.4 Å². The maximum atomic E-state index is 13.9. The highest BCUT2D eigenvalue weighted by Gasteiger charge is 2.18. The molecular formula is C20H18BrFN2O4. The van der Waals surface area contributed by atoms with Gasteiger partial charge in [0.15, 0.2) is 5.76 Å². The third-order valence-electron chi connectivity index (χ3n) is 4.06. The van der Waals surface area contributed by atoms with Crippen LogP contribution in [0.4, 0.5) is 14.9 Å². The Balaban J connectivity index is 1.61. The molecule has 0 saturated carbocycles. The van der Waals surface area contributed by atoms with E-state index >= 15 is 0 Å². The Labute approximate surface area is 169 Å². The number of aromatic nitrogens is 1. The molecule has 0 radical (unpaired) electrons. The number of carbonyl (C=O) groups is 1. The minimum atomic E-state index is -0.668. The maximum absolute atomic E-state index is 13.9. The summed E-state index contributed by atoms with van der Waals surface area (Å²) < 4.78 is 30.3. The van der Waals surface area contributed by atoms with Gasteiger partial charge in [0.2, 0.25) is 0 Å². The van der Waals surface area contributed by atoms with Crippen LogP contribution in [0.2, 0.25) is 0 Å². The molecule has 3 aromatic rings. The van der Waals surface area contributed by atoms with E-state index in [-0.39, 0.29) is 13.0 Å². The molecule has 0 aliphatic rings. The number of hydrogen-bond acceptors (Lipinski definition) is 5. The van der Waals surface area contributed by atoms with E-state index in [1.54, 1.807) is 19.1 Å². The average molecular weight is 449 g/mol. The van der Waals surface area contributed by atoms with Gasteiger partial charge in [0, 0.05) is 22.5 Å². The maximum Gasteiger partial charge on any atom is 0.411 e. The van der Waals surface area contributed by atoms with Crippen molar-refractivity contribution in [2.45, 2.75) is 13.3 Å². The van der Waals surface area contributed by atoms with E-state index < -0.39 is 11.9 Å². The molecule has 0 aliphatic heterocycles. The number of hydrogen-bond donors (Lipinski definition) is 1. The van der Waals surface area contributed by atoms with Crippen molar-refractivity contribution in [3.63, 3.8) is 0 Å². The largest absolute Gasteiger partial charge is 0.497 e. The van der Waals surface area contributed by atoms with Crippen LogP contribution in [-0.2, 0) is 11.2 Å². The number of nitrogens with zero attached hydrogens (tertiary/aromatic N) is 1. The van der Waals surface area contributed by atoms with Crippen LogP contribution in [0.5, 0.6) is 5.75 Å². The van der Waals surface area contributed by atoms with Crippen LogP contribution in [0.1, 0.15) is 11.3 Å². The summed E-state index contributed by atoms with van der Waals surface area (Å²) in [6.07, 6.45) is -0.426. The summed E-state index contributed by atoms with van der Waals surface area (Å²) in [6.45, 7) is 1.74. The average Bonchev–Trinajstić information content (AvgIpc) is 3.04. The molecule has 2 aromatic carbocycles. The van der Waals surface area contributed by atoms with Crippen LogP contribution in [0.15, 0.2) is 51.5 Å². The SMILES string of the molecule is COc1ccc(CCOC(=O)Nc2c(C)noc2-c2ccc(Br)cc2)c(F)c1. The molecule has 0 atom stereocenters. The zero-order valence-electron chi connectivity index (χ0n) is 15.3. The van der Waals surface area contributed by atoms with Gasteiger partial charge < -0.3 is 14.0 Å². The van der Waals surface area contributed by atoms with Gasteiger partial charge in [0.05, 0.1) is 13.7 Å². The van der Waals surface area contributed by atoms with E-state index in [0.717, 1.165) is 10.0 Å². The predicted molar refractivity (Wildman–Crippen MR) is 106 cm³/mol. The molecule has 0 fully saturated rings. The summed E-state index contributed by atoms with van der Waals surface area (Å²) in [4.78, 5) is 12.2. The Morgan fingerprint density at radius 1 is 1.25 bits per heavy atom. The molecule has 1 heterocycles. The quantitative estimate of drug-likeness (QED) is 0.549. The number of halogens is 2. The highest BCUT2D eigenvalue weighted by atomic mass is 79.9. The fourth-order valence-corrected chi connectivity index (χ4v) is 2.83. The predicted octanol–water partition coefficient (Wildman–Crippen LogP) is 5.35. The van der Waals surface area contributed by atoms with Gasteiger partial charge in [-0.25, -0.2) is 9.18 Å². The third-order valence-corrected chi connectivity index (χ3v) is 4.59. The van der Waals surface area contributed by atoms with Crippen LogP contribution < -0.4 is 10.1 Å². The summed E-state index contributed by atoms with van der Waals surface area (Å²) in [7, 11) is 1.47. The first kappa shape index (κ1) is 19.9. The van der Waals surface area contributed by atoms with Gasteiger partial charge in [-0.05, 0) is 42.8 Å². The van der Waals surface area contributed by atoms with Crippen molar-refractivity contribution in [1.82, 2.24) is 5.16 Å². The second-order valence-electron chi connectivity index (χ2n) is 5.95. The van der Waals surface area contributed by atoms with Gasteiger partial charge in [-0.2, -0.15) is 0 Å². The fourth-order valence-electron chi connectivity index (χ4n) is 2.56. The topological polar surface area (TPSA) is 73.6 Å². The van der Waals surface area contributed by atoms with Gasteiger partial charge >= 0.3 is 6.09 Å². The molecule has 0 unspecified atom stereocenters. The standard InChI is InChI=1S/C20H18BrFN2O4/c1-12-18(19(28-24-12)14-3-6-15(21)7-4-14)23-20(25)27-10-9-13-5-8-16(26-2)11-17(13)22/h3-8,11H,9-10H2,1-2H3,(H,23,25). The van der Waals surface area contributed by atoms with Crippen molar-refractivity contribution in [2.24, 2.45) is 0 Å². The number of rotatable bonds is 6. The summed E-state index contributed by atoms with van der Waals surface area (Å²) in [6, 6.07) is 12.0. The fraction of sp³-hybridized carbons (Fsp3) is 0.200. The van der Waals surface area contributed by atoms with Crippen molar-refractivity contribution in [1.29, 1.82) is 0 Å². The zero-order valence-corrected chi connectivity index (χ0v) is 16.9. The molecule has 28 heavy (non-hydrogen) atoms. The number of nitrogens with one attached hydrogen (secondary N) is 1. The Hall–Kier alpha value is -2.87. The van der Waals surface area contributed by atoms with Crippen molar-refractivity contribution in [3.05, 3.63) is 64.0 Å². The zero-order chi connectivity index (χ0) is 20.1. The lowest BCUT2D eigenvalue weighted by Gasteiger charge is -2.09. The smallest absolute Gasteiger partial charge is 0.411 e. The molecule has 0 spiro atoms. The van der Waals surface area contributed by atoms with Gasteiger partial charge in [0.25, 0.3) is 0 Å². The molecule has 6 nitrogen and oxygen atoms in total. The van der Waals surface area contributed by atoms with Gasteiger partial charge in [-0.15, -0.1) is 0 Å². The number of amides is 1. The highest BCUT2D eigenvalue weighted by molar-refractivity contribution is 9.10. The van der Waals surface area contributed by atoms with Crippen LogP contribution in [0.25, 0.3) is 11.3 Å². The molecule has 146 valence electrons. The van der Waals surface area contributed by atoms with E-state index in [9.17, 15) is 9.18 Å². The van der Waals surface area contributed by atoms with Crippen LogP contribution in [0, 0.1) is 12.7 Å². The number of anilines is 1. The van der Waals surface area contributed by atoms with Crippen LogP contribution >= 0.6 is 15.9 Å². The van der Waals surface area contributed by atoms with E-state index in [1.807, 2.05) is 24.3 Å². The number of aryl methyl sites for hydroxylation is 1. The Morgan fingerprint density at radius 2 is 2.00 bits per heavy atom. The van der Waals surface area contributed by atoms with Crippen molar-refractivity contribution in [3.8, 4) is 17.1 Å². The molecule has 3 rings (SSSR count). The number of benzene rings is 2. The van der Waals surface area contributed by atoms with Crippen molar-refractivity contribution in [2.75, 3.05) is 19.0 Å².